The average Bonchev–Trinajstić information content (AvgIpc) is 2.31. The van der Waals surface area contributed by atoms with E-state index in [9.17, 15) is 0 Å². The highest BCUT2D eigenvalue weighted by Crippen LogP contribution is 2.09. The van der Waals surface area contributed by atoms with Gasteiger partial charge in [-0.25, -0.2) is 0 Å². The lowest BCUT2D eigenvalue weighted by atomic mass is 10.1. The van der Waals surface area contributed by atoms with Crippen molar-refractivity contribution in [1.29, 1.82) is 0 Å². The maximum atomic E-state index is 3.22. The fourth-order valence-corrected chi connectivity index (χ4v) is 1.65. The first-order valence-corrected chi connectivity index (χ1v) is 6.47. The van der Waals surface area contributed by atoms with E-state index in [4.69, 9.17) is 0 Å². The molecule has 0 saturated heterocycles. The summed E-state index contributed by atoms with van der Waals surface area (Å²) >= 11 is 2.27. The molecule has 1 heteroatoms. The van der Waals surface area contributed by atoms with Crippen LogP contribution in [0.1, 0.15) is 31.7 Å². The Labute approximate surface area is 106 Å². The second kappa shape index (κ2) is 7.53. The fourth-order valence-electron chi connectivity index (χ4n) is 1.19. The Hall–Kier alpha value is -0.750. The van der Waals surface area contributed by atoms with Gasteiger partial charge in [-0.3, -0.25) is 0 Å². The van der Waals surface area contributed by atoms with Gasteiger partial charge in [0.05, 0.1) is 0 Å². The van der Waals surface area contributed by atoms with Crippen molar-refractivity contribution < 1.29 is 0 Å². The molecular weight excluding hydrogens is 295 g/mol. The van der Waals surface area contributed by atoms with Crippen LogP contribution in [-0.4, -0.2) is 0 Å². The molecule has 1 aromatic carbocycles. The van der Waals surface area contributed by atoms with Gasteiger partial charge in [0.15, 0.2) is 0 Å². The maximum absolute atomic E-state index is 3.22. The third kappa shape index (κ3) is 5.03. The normalized spacial score (nSPS) is 10.7. The molecule has 0 fully saturated rings. The van der Waals surface area contributed by atoms with Crippen LogP contribution in [-0.2, 0) is 0 Å². The van der Waals surface area contributed by atoms with Crippen LogP contribution in [0, 0.1) is 11.8 Å². The van der Waals surface area contributed by atoms with Gasteiger partial charge in [-0.05, 0) is 29.1 Å². The molecule has 0 unspecified atom stereocenters. The predicted molar refractivity (Wildman–Crippen MR) is 74.9 cm³/mol. The van der Waals surface area contributed by atoms with Crippen LogP contribution in [0.3, 0.4) is 0 Å². The first-order valence-electron chi connectivity index (χ1n) is 5.23. The number of benzene rings is 1. The summed E-state index contributed by atoms with van der Waals surface area (Å²) < 4.78 is 2.09. The van der Waals surface area contributed by atoms with Crippen LogP contribution < -0.4 is 0 Å². The molecule has 0 aliphatic carbocycles. The molecule has 0 nitrogen and oxygen atoms in total. The summed E-state index contributed by atoms with van der Waals surface area (Å²) in [5.74, 6) is 6.41. The number of hydrogen-bond donors (Lipinski definition) is 0. The minimum absolute atomic E-state index is 1.09. The topological polar surface area (TPSA) is 0 Å². The van der Waals surface area contributed by atoms with Crippen LogP contribution >= 0.6 is 22.6 Å². The van der Waals surface area contributed by atoms with E-state index in [2.05, 4.69) is 45.4 Å². The van der Waals surface area contributed by atoms with E-state index in [0.29, 0.717) is 0 Å². The average molecular weight is 310 g/mol. The Morgan fingerprint density at radius 3 is 2.67 bits per heavy atom. The molecule has 1 aromatic rings. The van der Waals surface area contributed by atoms with E-state index < -0.39 is 0 Å². The van der Waals surface area contributed by atoms with Crippen LogP contribution in [0.2, 0.25) is 0 Å². The molecule has 0 saturated carbocycles. The predicted octanol–water partition coefficient (Wildman–Crippen LogP) is 4.55. The molecule has 0 aromatic heterocycles. The van der Waals surface area contributed by atoms with Crippen molar-refractivity contribution in [2.75, 3.05) is 0 Å². The van der Waals surface area contributed by atoms with Crippen molar-refractivity contribution in [3.05, 3.63) is 45.6 Å². The lowest BCUT2D eigenvalue weighted by Gasteiger charge is -1.95. The summed E-state index contributed by atoms with van der Waals surface area (Å²) in [5.41, 5.74) is 2.33. The molecule has 78 valence electrons. The van der Waals surface area contributed by atoms with Gasteiger partial charge in [0, 0.05) is 11.1 Å². The molecule has 0 aliphatic heterocycles. The fraction of sp³-hybridized carbons (Fsp3) is 0.286. The summed E-state index contributed by atoms with van der Waals surface area (Å²) in [4.78, 5) is 0. The summed E-state index contributed by atoms with van der Waals surface area (Å²) in [7, 11) is 0. The number of unbranched alkanes of at least 4 members (excludes halogenated alkanes) is 1. The van der Waals surface area contributed by atoms with Crippen LogP contribution in [0.4, 0.5) is 0 Å². The van der Waals surface area contributed by atoms with Gasteiger partial charge in [-0.2, -0.15) is 0 Å². The molecule has 1 rings (SSSR count). The van der Waals surface area contributed by atoms with Crippen molar-refractivity contribution >= 4 is 22.6 Å². The largest absolute Gasteiger partial charge is 0.0656 e. The Morgan fingerprint density at radius 1 is 1.33 bits per heavy atom. The van der Waals surface area contributed by atoms with Crippen molar-refractivity contribution in [3.8, 4) is 11.8 Å². The zero-order valence-electron chi connectivity index (χ0n) is 8.96. The molecule has 0 N–H and O–H groups in total. The molecule has 0 atom stereocenters. The highest BCUT2D eigenvalue weighted by molar-refractivity contribution is 14.1. The van der Waals surface area contributed by atoms with Crippen molar-refractivity contribution in [2.45, 2.75) is 26.2 Å². The number of hydrogen-bond acceptors (Lipinski definition) is 0. The lowest BCUT2D eigenvalue weighted by molar-refractivity contribution is 0.802. The molecule has 15 heavy (non-hydrogen) atoms. The van der Waals surface area contributed by atoms with E-state index in [1.54, 1.807) is 0 Å². The van der Waals surface area contributed by atoms with Gasteiger partial charge in [0.25, 0.3) is 0 Å². The van der Waals surface area contributed by atoms with E-state index in [-0.39, 0.29) is 0 Å². The van der Waals surface area contributed by atoms with Crippen LogP contribution in [0.25, 0.3) is 0 Å². The minimum Gasteiger partial charge on any atom is -0.0656 e. The van der Waals surface area contributed by atoms with Crippen molar-refractivity contribution in [2.24, 2.45) is 0 Å². The quantitative estimate of drug-likeness (QED) is 0.568. The molecule has 0 radical (unpaired) electrons. The number of allylic oxidation sites excluding steroid dienone is 1. The zero-order chi connectivity index (χ0) is 10.9. The van der Waals surface area contributed by atoms with Gasteiger partial charge < -0.3 is 0 Å². The van der Waals surface area contributed by atoms with E-state index in [0.717, 1.165) is 12.0 Å². The van der Waals surface area contributed by atoms with E-state index in [1.165, 1.54) is 18.4 Å². The highest BCUT2D eigenvalue weighted by atomic mass is 127. The van der Waals surface area contributed by atoms with E-state index in [1.807, 2.05) is 30.3 Å². The summed E-state index contributed by atoms with van der Waals surface area (Å²) in [5, 5.41) is 0. The van der Waals surface area contributed by atoms with Gasteiger partial charge in [0.2, 0.25) is 0 Å². The van der Waals surface area contributed by atoms with E-state index >= 15 is 0 Å². The second-order valence-corrected chi connectivity index (χ2v) is 3.98. The first kappa shape index (κ1) is 12.3. The Bertz CT molecular complexity index is 365. The summed E-state index contributed by atoms with van der Waals surface area (Å²) in [6.07, 6.45) is 3.54. The van der Waals surface area contributed by atoms with Crippen molar-refractivity contribution in [1.82, 2.24) is 0 Å². The third-order valence-corrected chi connectivity index (χ3v) is 2.82. The Kier molecular flexibility index (Phi) is 6.18. The van der Waals surface area contributed by atoms with Gasteiger partial charge >= 0.3 is 0 Å². The van der Waals surface area contributed by atoms with Crippen LogP contribution in [0.5, 0.6) is 0 Å². The monoisotopic (exact) mass is 310 g/mol. The molecule has 0 amide bonds. The Morgan fingerprint density at radius 2 is 2.07 bits per heavy atom. The number of halogens is 1. The van der Waals surface area contributed by atoms with Crippen LogP contribution in [0.15, 0.2) is 40.0 Å². The van der Waals surface area contributed by atoms with Crippen molar-refractivity contribution in [3.63, 3.8) is 0 Å². The second-order valence-electron chi connectivity index (χ2n) is 3.35. The van der Waals surface area contributed by atoms with Gasteiger partial charge in [0.1, 0.15) is 0 Å². The number of rotatable bonds is 3. The first-order chi connectivity index (χ1) is 7.36. The maximum Gasteiger partial charge on any atom is 0.0248 e. The molecule has 0 heterocycles. The zero-order valence-corrected chi connectivity index (χ0v) is 11.1. The molecule has 0 spiro atoms. The standard InChI is InChI=1S/C14H15I/c1-2-3-7-14(12-15)11-10-13-8-5-4-6-9-13/h4-6,8-9,12H,2-3,7H2,1H3/b14-12-. The smallest absolute Gasteiger partial charge is 0.0248 e. The summed E-state index contributed by atoms with van der Waals surface area (Å²) in [6.45, 7) is 2.20. The molecule has 0 aliphatic rings. The highest BCUT2D eigenvalue weighted by Gasteiger charge is 1.90. The SMILES string of the molecule is CCCC/C(C#Cc1ccccc1)=C/I. The molecular formula is C14H15I. The minimum atomic E-state index is 1.09. The van der Waals surface area contributed by atoms with Gasteiger partial charge in [-0.15, -0.1) is 0 Å². The lowest BCUT2D eigenvalue weighted by Crippen LogP contribution is -1.79. The third-order valence-electron chi connectivity index (χ3n) is 2.07. The Balaban J connectivity index is 2.63. The van der Waals surface area contributed by atoms with Gasteiger partial charge in [-0.1, -0.05) is 66.0 Å². The summed E-state index contributed by atoms with van der Waals surface area (Å²) in [6, 6.07) is 10.1. The molecule has 0 bridgehead atoms.